The Morgan fingerprint density at radius 3 is 2.69 bits per heavy atom. The molecule has 0 aromatic heterocycles. The van der Waals surface area contributed by atoms with Crippen LogP contribution in [0.15, 0.2) is 30.3 Å². The van der Waals surface area contributed by atoms with Crippen molar-refractivity contribution >= 4 is 23.4 Å². The number of fused-ring (bicyclic) bond motifs is 2. The Morgan fingerprint density at radius 2 is 2.03 bits per heavy atom. The summed E-state index contributed by atoms with van der Waals surface area (Å²) in [6.07, 6.45) is 2.39. The highest BCUT2D eigenvalue weighted by Gasteiger charge is 2.36. The Morgan fingerprint density at radius 1 is 1.31 bits per heavy atom. The molecule has 2 aromatic carbocycles. The van der Waals surface area contributed by atoms with Crippen molar-refractivity contribution in [1.29, 1.82) is 0 Å². The number of nitrogens with one attached hydrogen (secondary N) is 1. The Bertz CT molecular complexity index is 971. The predicted molar refractivity (Wildman–Crippen MR) is 113 cm³/mol. The molecule has 0 radical (unpaired) electrons. The smallest absolute Gasteiger partial charge is 0.257 e. The molecule has 1 fully saturated rings. The van der Waals surface area contributed by atoms with Crippen molar-refractivity contribution in [1.82, 2.24) is 10.2 Å². The van der Waals surface area contributed by atoms with E-state index in [1.165, 1.54) is 0 Å². The third kappa shape index (κ3) is 3.60. The molecule has 1 saturated heterocycles. The molecule has 29 heavy (non-hydrogen) atoms. The van der Waals surface area contributed by atoms with Crippen molar-refractivity contribution in [3.8, 4) is 5.75 Å². The van der Waals surface area contributed by atoms with E-state index < -0.39 is 0 Å². The number of ether oxygens (including phenoxy) is 1. The number of halogens is 1. The highest BCUT2D eigenvalue weighted by molar-refractivity contribution is 6.33. The van der Waals surface area contributed by atoms with E-state index in [2.05, 4.69) is 12.2 Å². The van der Waals surface area contributed by atoms with Gasteiger partial charge in [0.1, 0.15) is 6.10 Å². The van der Waals surface area contributed by atoms with E-state index in [1.54, 1.807) is 19.2 Å². The summed E-state index contributed by atoms with van der Waals surface area (Å²) in [5.41, 5.74) is 4.13. The first-order chi connectivity index (χ1) is 13.9. The number of rotatable bonds is 3. The van der Waals surface area contributed by atoms with E-state index in [0.717, 1.165) is 29.5 Å². The lowest BCUT2D eigenvalue weighted by Crippen LogP contribution is -2.49. The summed E-state index contributed by atoms with van der Waals surface area (Å²) in [5, 5.41) is 3.14. The van der Waals surface area contributed by atoms with Gasteiger partial charge in [0.2, 0.25) is 0 Å². The van der Waals surface area contributed by atoms with Gasteiger partial charge in [0, 0.05) is 38.0 Å². The molecule has 0 aliphatic carbocycles. The van der Waals surface area contributed by atoms with Crippen LogP contribution in [0.2, 0.25) is 5.02 Å². The third-order valence-electron chi connectivity index (χ3n) is 6.02. The molecule has 152 valence electrons. The Kier molecular flexibility index (Phi) is 5.26. The number of benzene rings is 2. The summed E-state index contributed by atoms with van der Waals surface area (Å²) in [7, 11) is 1.61. The molecule has 0 saturated carbocycles. The van der Waals surface area contributed by atoms with Gasteiger partial charge < -0.3 is 15.0 Å². The summed E-state index contributed by atoms with van der Waals surface area (Å²) < 4.78 is 6.21. The van der Waals surface area contributed by atoms with Gasteiger partial charge in [0.15, 0.2) is 5.75 Å². The maximum absolute atomic E-state index is 13.2. The zero-order valence-corrected chi connectivity index (χ0v) is 17.7. The molecular formula is C23H25ClN2O3. The van der Waals surface area contributed by atoms with E-state index in [-0.39, 0.29) is 24.0 Å². The van der Waals surface area contributed by atoms with Gasteiger partial charge in [-0.2, -0.15) is 0 Å². The van der Waals surface area contributed by atoms with E-state index in [9.17, 15) is 9.59 Å². The van der Waals surface area contributed by atoms with E-state index in [0.29, 0.717) is 34.9 Å². The maximum atomic E-state index is 13.2. The lowest BCUT2D eigenvalue weighted by Gasteiger charge is -2.41. The largest absolute Gasteiger partial charge is 0.488 e. The molecule has 5 rings (SSSR count). The molecule has 5 nitrogen and oxygen atoms in total. The number of hydrogen-bond acceptors (Lipinski definition) is 3. The quantitative estimate of drug-likeness (QED) is 0.829. The molecule has 3 aliphatic rings. The molecule has 3 aliphatic heterocycles. The first-order valence-corrected chi connectivity index (χ1v) is 10.4. The summed E-state index contributed by atoms with van der Waals surface area (Å²) in [4.78, 5) is 26.9. The number of piperidine rings is 1. The van der Waals surface area contributed by atoms with Gasteiger partial charge in [-0.3, -0.25) is 9.59 Å². The Labute approximate surface area is 176 Å². The molecule has 3 heterocycles. The van der Waals surface area contributed by atoms with Crippen molar-refractivity contribution in [2.45, 2.75) is 45.3 Å². The van der Waals surface area contributed by atoms with Gasteiger partial charge in [-0.05, 0) is 55.2 Å². The van der Waals surface area contributed by atoms with Crippen LogP contribution in [-0.4, -0.2) is 42.5 Å². The zero-order chi connectivity index (χ0) is 20.7. The fourth-order valence-corrected chi connectivity index (χ4v) is 4.50. The molecule has 2 amide bonds. The molecule has 6 heteroatoms. The van der Waals surface area contributed by atoms with Crippen molar-refractivity contribution in [2.75, 3.05) is 13.6 Å². The molecule has 2 aromatic rings. The number of carbonyl (C=O) groups excluding carboxylic acids is 2. The van der Waals surface area contributed by atoms with Crippen LogP contribution in [0.3, 0.4) is 0 Å². The first kappa shape index (κ1) is 19.8. The highest BCUT2D eigenvalue weighted by Crippen LogP contribution is 2.40. The van der Waals surface area contributed by atoms with Crippen molar-refractivity contribution < 1.29 is 14.3 Å². The number of hydrogen-bond donors (Lipinski definition) is 1. The van der Waals surface area contributed by atoms with E-state index in [1.807, 2.05) is 30.0 Å². The standard InChI is InChI=1S/C23H25ClN2O3/c1-13-10-18-8-9-26(13)23(28)19-12-17(14(2)20(24)21(19)29-18)11-15-4-6-16(7-5-15)22(27)25-3/h4-7,12-13,18H,8-11H2,1-3H3,(H,25,27)/t13-,18-/m0/s1. The lowest BCUT2D eigenvalue weighted by atomic mass is 9.93. The molecule has 0 unspecified atom stereocenters. The highest BCUT2D eigenvalue weighted by atomic mass is 35.5. The van der Waals surface area contributed by atoms with Gasteiger partial charge >= 0.3 is 0 Å². The summed E-state index contributed by atoms with van der Waals surface area (Å²) in [5.74, 6) is 0.399. The van der Waals surface area contributed by atoms with Crippen LogP contribution in [0.5, 0.6) is 5.75 Å². The summed E-state index contributed by atoms with van der Waals surface area (Å²) >= 11 is 6.68. The van der Waals surface area contributed by atoms with Crippen molar-refractivity contribution in [3.05, 3.63) is 63.2 Å². The third-order valence-corrected chi connectivity index (χ3v) is 6.47. The Balaban J connectivity index is 1.70. The SMILES string of the molecule is CNC(=O)c1ccc(Cc2cc3c(c(Cl)c2C)O[C@H]2CCN(C3=O)[C@@H](C)C2)cc1. The molecule has 0 spiro atoms. The second kappa shape index (κ2) is 7.71. The van der Waals surface area contributed by atoms with Crippen LogP contribution < -0.4 is 10.1 Å². The van der Waals surface area contributed by atoms with Crippen LogP contribution >= 0.6 is 11.6 Å². The molecule has 1 N–H and O–H groups in total. The minimum absolute atomic E-state index is 0.0104. The number of amides is 2. The average Bonchev–Trinajstić information content (AvgIpc) is 2.72. The fourth-order valence-electron chi connectivity index (χ4n) is 4.23. The molecule has 2 bridgehead atoms. The topological polar surface area (TPSA) is 58.6 Å². The van der Waals surface area contributed by atoms with Crippen molar-refractivity contribution in [2.24, 2.45) is 0 Å². The van der Waals surface area contributed by atoms with Gasteiger partial charge in [-0.15, -0.1) is 0 Å². The van der Waals surface area contributed by atoms with Crippen molar-refractivity contribution in [3.63, 3.8) is 0 Å². The van der Waals surface area contributed by atoms with Crippen LogP contribution in [0.1, 0.15) is 57.2 Å². The van der Waals surface area contributed by atoms with Gasteiger partial charge in [-0.1, -0.05) is 23.7 Å². The molecule has 2 atom stereocenters. The number of nitrogens with zero attached hydrogens (tertiary/aromatic N) is 1. The minimum Gasteiger partial charge on any atom is -0.488 e. The second-order valence-corrected chi connectivity index (χ2v) is 8.29. The summed E-state index contributed by atoms with van der Waals surface area (Å²) in [6.45, 7) is 4.75. The predicted octanol–water partition coefficient (Wildman–Crippen LogP) is 3.98. The Hall–Kier alpha value is -2.53. The van der Waals surface area contributed by atoms with Crippen LogP contribution in [0, 0.1) is 6.92 Å². The lowest BCUT2D eigenvalue weighted by molar-refractivity contribution is 0.0349. The minimum atomic E-state index is -0.113. The van der Waals surface area contributed by atoms with Gasteiger partial charge in [-0.25, -0.2) is 0 Å². The zero-order valence-electron chi connectivity index (χ0n) is 16.9. The second-order valence-electron chi connectivity index (χ2n) is 7.92. The molecular weight excluding hydrogens is 388 g/mol. The van der Waals surface area contributed by atoms with Crippen LogP contribution in [0.4, 0.5) is 0 Å². The van der Waals surface area contributed by atoms with E-state index in [4.69, 9.17) is 16.3 Å². The monoisotopic (exact) mass is 412 g/mol. The van der Waals surface area contributed by atoms with E-state index >= 15 is 0 Å². The van der Waals surface area contributed by atoms with Gasteiger partial charge in [0.05, 0.1) is 10.6 Å². The van der Waals surface area contributed by atoms with Crippen LogP contribution in [-0.2, 0) is 6.42 Å². The maximum Gasteiger partial charge on any atom is 0.257 e. The summed E-state index contributed by atoms with van der Waals surface area (Å²) in [6, 6.07) is 9.56. The fraction of sp³-hybridized carbons (Fsp3) is 0.391. The normalized spacial score (nSPS) is 20.6. The van der Waals surface area contributed by atoms with Crippen LogP contribution in [0.25, 0.3) is 0 Å². The average molecular weight is 413 g/mol. The first-order valence-electron chi connectivity index (χ1n) is 9.99. The number of carbonyl (C=O) groups is 2. The van der Waals surface area contributed by atoms with Gasteiger partial charge in [0.25, 0.3) is 11.8 Å².